The van der Waals surface area contributed by atoms with Crippen molar-refractivity contribution in [2.75, 3.05) is 6.54 Å². The van der Waals surface area contributed by atoms with Crippen molar-refractivity contribution in [3.8, 4) is 5.75 Å². The lowest BCUT2D eigenvalue weighted by Crippen LogP contribution is -2.40. The molecule has 0 radical (unpaired) electrons. The summed E-state index contributed by atoms with van der Waals surface area (Å²) in [6, 6.07) is 9.22. The second-order valence-corrected chi connectivity index (χ2v) is 5.19. The number of primary amides is 1. The highest BCUT2D eigenvalue weighted by Gasteiger charge is 2.15. The van der Waals surface area contributed by atoms with Crippen molar-refractivity contribution in [2.45, 2.75) is 12.7 Å². The van der Waals surface area contributed by atoms with Gasteiger partial charge >= 0.3 is 0 Å². The van der Waals surface area contributed by atoms with E-state index in [0.717, 1.165) is 6.07 Å². The van der Waals surface area contributed by atoms with E-state index in [1.807, 2.05) is 0 Å². The number of rotatable bonds is 7. The zero-order chi connectivity index (χ0) is 18.4. The van der Waals surface area contributed by atoms with Gasteiger partial charge in [0.05, 0.1) is 6.54 Å². The molecular weight excluding hydrogens is 334 g/mol. The molecule has 25 heavy (non-hydrogen) atoms. The van der Waals surface area contributed by atoms with Gasteiger partial charge in [0, 0.05) is 5.56 Å². The first-order chi connectivity index (χ1) is 11.9. The number of nitrogens with one attached hydrogen (secondary N) is 1. The van der Waals surface area contributed by atoms with Crippen LogP contribution in [0.4, 0.5) is 8.78 Å². The van der Waals surface area contributed by atoms with Gasteiger partial charge in [-0.3, -0.25) is 9.59 Å². The molecule has 0 fully saturated rings. The molecule has 132 valence electrons. The summed E-state index contributed by atoms with van der Waals surface area (Å²) >= 11 is 0. The molecule has 0 saturated carbocycles. The molecule has 0 aromatic heterocycles. The third-order valence-corrected chi connectivity index (χ3v) is 3.26. The summed E-state index contributed by atoms with van der Waals surface area (Å²) in [5, 5.41) is 11.5. The van der Waals surface area contributed by atoms with Crippen molar-refractivity contribution >= 4 is 11.8 Å². The fraction of sp³-hybridized carbons (Fsp3) is 0.176. The van der Waals surface area contributed by atoms with Gasteiger partial charge in [-0.15, -0.1) is 0 Å². The highest BCUT2D eigenvalue weighted by Crippen LogP contribution is 2.20. The zero-order valence-corrected chi connectivity index (χ0v) is 13.0. The molecule has 1 unspecified atom stereocenters. The maximum atomic E-state index is 14.0. The Kier molecular flexibility index (Phi) is 6.02. The predicted molar refractivity (Wildman–Crippen MR) is 84.7 cm³/mol. The van der Waals surface area contributed by atoms with Crippen LogP contribution in [0.15, 0.2) is 42.5 Å². The number of carbonyl (C=O) groups is 2. The van der Waals surface area contributed by atoms with Gasteiger partial charge in [0.1, 0.15) is 18.5 Å². The number of hydrogen-bond acceptors (Lipinski definition) is 4. The monoisotopic (exact) mass is 350 g/mol. The van der Waals surface area contributed by atoms with Crippen molar-refractivity contribution in [3.05, 3.63) is 65.2 Å². The average molecular weight is 350 g/mol. The van der Waals surface area contributed by atoms with Crippen molar-refractivity contribution in [3.63, 3.8) is 0 Å². The first-order valence-electron chi connectivity index (χ1n) is 7.29. The summed E-state index contributed by atoms with van der Waals surface area (Å²) < 4.78 is 32.4. The molecule has 0 aliphatic carbocycles. The van der Waals surface area contributed by atoms with Crippen molar-refractivity contribution in [1.29, 1.82) is 0 Å². The van der Waals surface area contributed by atoms with Crippen molar-refractivity contribution in [2.24, 2.45) is 5.73 Å². The van der Waals surface area contributed by atoms with Gasteiger partial charge in [-0.05, 0) is 35.9 Å². The number of benzene rings is 2. The number of hydrogen-bond donors (Lipinski definition) is 3. The first kappa shape index (κ1) is 18.3. The molecule has 0 aliphatic heterocycles. The Bertz CT molecular complexity index is 783. The highest BCUT2D eigenvalue weighted by atomic mass is 19.1. The highest BCUT2D eigenvalue weighted by molar-refractivity contribution is 5.94. The molecule has 1 atom stereocenters. The fourth-order valence-corrected chi connectivity index (χ4v) is 1.94. The van der Waals surface area contributed by atoms with Gasteiger partial charge in [-0.25, -0.2) is 8.78 Å². The van der Waals surface area contributed by atoms with E-state index in [9.17, 15) is 23.5 Å². The Labute approximate surface area is 142 Å². The average Bonchev–Trinajstić information content (AvgIpc) is 2.58. The van der Waals surface area contributed by atoms with Crippen molar-refractivity contribution in [1.82, 2.24) is 5.32 Å². The minimum atomic E-state index is -1.53. The molecule has 6 nitrogen and oxygen atoms in total. The van der Waals surface area contributed by atoms with Gasteiger partial charge in [0.25, 0.3) is 5.91 Å². The predicted octanol–water partition coefficient (Wildman–Crippen LogP) is 1.12. The van der Waals surface area contributed by atoms with E-state index in [1.165, 1.54) is 30.3 Å². The Hall–Kier alpha value is -3.00. The third kappa shape index (κ3) is 5.25. The standard InChI is InChI=1S/C17H16F2N2O4/c18-12-3-1-2-10(6-12)9-25-15-5-4-11(7-13(15)19)17(24)21-8-14(22)16(20)23/h1-7,14,22H,8-9H2,(H2,20,23)(H,21,24). The summed E-state index contributed by atoms with van der Waals surface area (Å²) in [7, 11) is 0. The summed E-state index contributed by atoms with van der Waals surface area (Å²) in [6.07, 6.45) is -1.53. The number of nitrogens with two attached hydrogens (primary N) is 1. The van der Waals surface area contributed by atoms with Gasteiger partial charge in [-0.1, -0.05) is 12.1 Å². The number of aliphatic hydroxyl groups excluding tert-OH is 1. The molecule has 2 aromatic carbocycles. The Morgan fingerprint density at radius 1 is 1.20 bits per heavy atom. The molecule has 0 aliphatic rings. The van der Waals surface area contributed by atoms with Crippen LogP contribution >= 0.6 is 0 Å². The molecule has 0 spiro atoms. The van der Waals surface area contributed by atoms with E-state index in [4.69, 9.17) is 10.5 Å². The Morgan fingerprint density at radius 3 is 2.60 bits per heavy atom. The number of aliphatic hydroxyl groups is 1. The number of carbonyl (C=O) groups excluding carboxylic acids is 2. The Morgan fingerprint density at radius 2 is 1.96 bits per heavy atom. The lowest BCUT2D eigenvalue weighted by Gasteiger charge is -2.10. The Balaban J connectivity index is 1.97. The summed E-state index contributed by atoms with van der Waals surface area (Å²) in [4.78, 5) is 22.5. The molecule has 0 heterocycles. The zero-order valence-electron chi connectivity index (χ0n) is 13.0. The second-order valence-electron chi connectivity index (χ2n) is 5.19. The molecule has 2 rings (SSSR count). The van der Waals surface area contributed by atoms with Crippen LogP contribution in [0.5, 0.6) is 5.75 Å². The number of ether oxygens (including phenoxy) is 1. The molecule has 2 amide bonds. The van der Waals surface area contributed by atoms with Crippen LogP contribution < -0.4 is 15.8 Å². The molecule has 0 bridgehead atoms. The topological polar surface area (TPSA) is 102 Å². The third-order valence-electron chi connectivity index (χ3n) is 3.26. The second kappa shape index (κ2) is 8.20. The van der Waals surface area contributed by atoms with Crippen LogP contribution in [0.1, 0.15) is 15.9 Å². The smallest absolute Gasteiger partial charge is 0.251 e. The van der Waals surface area contributed by atoms with Crippen LogP contribution in [0, 0.1) is 11.6 Å². The van der Waals surface area contributed by atoms with Crippen LogP contribution in [0.2, 0.25) is 0 Å². The quantitative estimate of drug-likeness (QED) is 0.696. The van der Waals surface area contributed by atoms with Crippen LogP contribution in [-0.2, 0) is 11.4 Å². The van der Waals surface area contributed by atoms with Gasteiger partial charge in [0.15, 0.2) is 11.6 Å². The van der Waals surface area contributed by atoms with Crippen LogP contribution in [0.25, 0.3) is 0 Å². The molecular formula is C17H16F2N2O4. The molecule has 8 heteroatoms. The minimum Gasteiger partial charge on any atom is -0.486 e. The lowest BCUT2D eigenvalue weighted by molar-refractivity contribution is -0.125. The number of halogens is 2. The van der Waals surface area contributed by atoms with E-state index in [2.05, 4.69) is 5.32 Å². The van der Waals surface area contributed by atoms with Gasteiger partial charge < -0.3 is 20.9 Å². The summed E-state index contributed by atoms with van der Waals surface area (Å²) in [5.74, 6) is -2.97. The molecule has 2 aromatic rings. The van der Waals surface area contributed by atoms with E-state index >= 15 is 0 Å². The molecule has 0 saturated heterocycles. The number of amides is 2. The maximum absolute atomic E-state index is 14.0. The minimum absolute atomic E-state index is 0.0210. The first-order valence-corrected chi connectivity index (χ1v) is 7.29. The van der Waals surface area contributed by atoms with Gasteiger partial charge in [0.2, 0.25) is 5.91 Å². The van der Waals surface area contributed by atoms with Crippen LogP contribution in [0.3, 0.4) is 0 Å². The fourth-order valence-electron chi connectivity index (χ4n) is 1.94. The lowest BCUT2D eigenvalue weighted by atomic mass is 10.2. The van der Waals surface area contributed by atoms with E-state index in [1.54, 1.807) is 6.07 Å². The molecule has 4 N–H and O–H groups in total. The van der Waals surface area contributed by atoms with E-state index < -0.39 is 29.6 Å². The largest absolute Gasteiger partial charge is 0.486 e. The summed E-state index contributed by atoms with van der Waals surface area (Å²) in [6.45, 7) is -0.418. The van der Waals surface area contributed by atoms with E-state index in [-0.39, 0.29) is 24.5 Å². The normalized spacial score (nSPS) is 11.6. The maximum Gasteiger partial charge on any atom is 0.251 e. The summed E-state index contributed by atoms with van der Waals surface area (Å²) in [5.41, 5.74) is 5.36. The van der Waals surface area contributed by atoms with E-state index in [0.29, 0.717) is 5.56 Å². The SMILES string of the molecule is NC(=O)C(O)CNC(=O)c1ccc(OCc2cccc(F)c2)c(F)c1. The van der Waals surface area contributed by atoms with Crippen molar-refractivity contribution < 1.29 is 28.2 Å². The van der Waals surface area contributed by atoms with Crippen LogP contribution in [-0.4, -0.2) is 29.6 Å². The van der Waals surface area contributed by atoms with Gasteiger partial charge in [-0.2, -0.15) is 0 Å².